The summed E-state index contributed by atoms with van der Waals surface area (Å²) in [5.74, 6) is 3.07. The molecule has 2 N–H and O–H groups in total. The molecule has 1 saturated heterocycles. The SMILES string of the molecule is O=C(O)C1CCCC1CNCC1CCSC1. The molecule has 1 saturated carbocycles. The van der Waals surface area contributed by atoms with Gasteiger partial charge in [0.15, 0.2) is 0 Å². The minimum Gasteiger partial charge on any atom is -0.481 e. The van der Waals surface area contributed by atoms with Crippen LogP contribution in [0.1, 0.15) is 25.7 Å². The van der Waals surface area contributed by atoms with Crippen LogP contribution in [0.25, 0.3) is 0 Å². The highest BCUT2D eigenvalue weighted by Crippen LogP contribution is 2.31. The average Bonchev–Trinajstić information content (AvgIpc) is 2.87. The van der Waals surface area contributed by atoms with Gasteiger partial charge in [0.2, 0.25) is 0 Å². The second kappa shape index (κ2) is 5.92. The number of carboxylic acids is 1. The molecule has 0 bridgehead atoms. The third kappa shape index (κ3) is 3.14. The zero-order valence-electron chi connectivity index (χ0n) is 9.65. The molecule has 2 aliphatic rings. The van der Waals surface area contributed by atoms with Crippen molar-refractivity contribution in [1.29, 1.82) is 0 Å². The van der Waals surface area contributed by atoms with Crippen LogP contribution in [0, 0.1) is 17.8 Å². The second-order valence-electron chi connectivity index (χ2n) is 5.02. The minimum atomic E-state index is -0.597. The molecule has 1 aliphatic carbocycles. The fraction of sp³-hybridized carbons (Fsp3) is 0.917. The first-order valence-corrected chi connectivity index (χ1v) is 7.44. The number of carbonyl (C=O) groups is 1. The molecule has 1 heterocycles. The van der Waals surface area contributed by atoms with E-state index in [0.29, 0.717) is 5.92 Å². The van der Waals surface area contributed by atoms with Gasteiger partial charge in [-0.3, -0.25) is 4.79 Å². The fourth-order valence-electron chi connectivity index (χ4n) is 2.82. The number of thioether (sulfide) groups is 1. The predicted molar refractivity (Wildman–Crippen MR) is 66.8 cm³/mol. The van der Waals surface area contributed by atoms with Crippen molar-refractivity contribution in [2.45, 2.75) is 25.7 Å². The van der Waals surface area contributed by atoms with Gasteiger partial charge >= 0.3 is 5.97 Å². The van der Waals surface area contributed by atoms with Crippen molar-refractivity contribution >= 4 is 17.7 Å². The van der Waals surface area contributed by atoms with Crippen LogP contribution >= 0.6 is 11.8 Å². The molecule has 1 aliphatic heterocycles. The van der Waals surface area contributed by atoms with Crippen LogP contribution in [0.15, 0.2) is 0 Å². The lowest BCUT2D eigenvalue weighted by molar-refractivity contribution is -0.142. The van der Waals surface area contributed by atoms with Crippen LogP contribution in [0.5, 0.6) is 0 Å². The Kier molecular flexibility index (Phi) is 4.53. The van der Waals surface area contributed by atoms with Gasteiger partial charge in [0.05, 0.1) is 5.92 Å². The summed E-state index contributed by atoms with van der Waals surface area (Å²) >= 11 is 2.04. The third-order valence-corrected chi connectivity index (χ3v) is 5.07. The van der Waals surface area contributed by atoms with E-state index >= 15 is 0 Å². The van der Waals surface area contributed by atoms with Crippen LogP contribution in [0.4, 0.5) is 0 Å². The van der Waals surface area contributed by atoms with Crippen molar-refractivity contribution in [3.05, 3.63) is 0 Å². The van der Waals surface area contributed by atoms with Gasteiger partial charge in [-0.05, 0) is 55.7 Å². The van der Waals surface area contributed by atoms with Gasteiger partial charge in [-0.15, -0.1) is 0 Å². The molecular formula is C12H21NO2S. The van der Waals surface area contributed by atoms with Gasteiger partial charge in [-0.2, -0.15) is 11.8 Å². The highest BCUT2D eigenvalue weighted by molar-refractivity contribution is 7.99. The lowest BCUT2D eigenvalue weighted by Crippen LogP contribution is -2.32. The molecule has 92 valence electrons. The summed E-state index contributed by atoms with van der Waals surface area (Å²) in [4.78, 5) is 11.0. The average molecular weight is 243 g/mol. The highest BCUT2D eigenvalue weighted by atomic mass is 32.2. The van der Waals surface area contributed by atoms with E-state index in [1.54, 1.807) is 0 Å². The Bertz CT molecular complexity index is 241. The third-order valence-electron chi connectivity index (χ3n) is 3.84. The van der Waals surface area contributed by atoms with Gasteiger partial charge in [-0.1, -0.05) is 6.42 Å². The lowest BCUT2D eigenvalue weighted by Gasteiger charge is -2.17. The smallest absolute Gasteiger partial charge is 0.306 e. The van der Waals surface area contributed by atoms with Crippen LogP contribution in [0.2, 0.25) is 0 Å². The number of rotatable bonds is 5. The van der Waals surface area contributed by atoms with E-state index in [-0.39, 0.29) is 5.92 Å². The standard InChI is InChI=1S/C12H21NO2S/c14-12(15)11-3-1-2-10(11)7-13-6-9-4-5-16-8-9/h9-11,13H,1-8H2,(H,14,15). The molecule has 4 heteroatoms. The highest BCUT2D eigenvalue weighted by Gasteiger charge is 2.32. The number of aliphatic carboxylic acids is 1. The van der Waals surface area contributed by atoms with Crippen LogP contribution in [0.3, 0.4) is 0 Å². The maximum absolute atomic E-state index is 11.0. The Labute approximate surface area is 101 Å². The fourth-order valence-corrected chi connectivity index (χ4v) is 4.11. The molecule has 2 rings (SSSR count). The molecule has 0 radical (unpaired) electrons. The van der Waals surface area contributed by atoms with Gasteiger partial charge in [0, 0.05) is 0 Å². The quantitative estimate of drug-likeness (QED) is 0.773. The number of nitrogens with one attached hydrogen (secondary N) is 1. The number of hydrogen-bond donors (Lipinski definition) is 2. The first kappa shape index (κ1) is 12.2. The molecule has 2 fully saturated rings. The molecule has 3 nitrogen and oxygen atoms in total. The van der Waals surface area contributed by atoms with Crippen molar-refractivity contribution < 1.29 is 9.90 Å². The number of hydrogen-bond acceptors (Lipinski definition) is 3. The zero-order chi connectivity index (χ0) is 11.4. The number of carboxylic acid groups (broad SMARTS) is 1. The summed E-state index contributed by atoms with van der Waals surface area (Å²) in [7, 11) is 0. The van der Waals surface area contributed by atoms with Crippen molar-refractivity contribution in [3.63, 3.8) is 0 Å². The normalized spacial score (nSPS) is 34.4. The van der Waals surface area contributed by atoms with Crippen molar-refractivity contribution in [1.82, 2.24) is 5.32 Å². The van der Waals surface area contributed by atoms with E-state index < -0.39 is 5.97 Å². The van der Waals surface area contributed by atoms with E-state index in [2.05, 4.69) is 5.32 Å². The predicted octanol–water partition coefficient (Wildman–Crippen LogP) is 1.83. The molecule has 16 heavy (non-hydrogen) atoms. The Balaban J connectivity index is 1.66. The summed E-state index contributed by atoms with van der Waals surface area (Å²) in [6.07, 6.45) is 4.37. The van der Waals surface area contributed by atoms with Crippen molar-refractivity contribution in [3.8, 4) is 0 Å². The van der Waals surface area contributed by atoms with Crippen molar-refractivity contribution in [2.24, 2.45) is 17.8 Å². The Hall–Kier alpha value is -0.220. The Morgan fingerprint density at radius 2 is 2.19 bits per heavy atom. The van der Waals surface area contributed by atoms with Crippen molar-refractivity contribution in [2.75, 3.05) is 24.6 Å². The van der Waals surface area contributed by atoms with E-state index in [9.17, 15) is 4.79 Å². The van der Waals surface area contributed by atoms with Gasteiger partial charge in [0.1, 0.15) is 0 Å². The van der Waals surface area contributed by atoms with Crippen LogP contribution in [-0.4, -0.2) is 35.7 Å². The van der Waals surface area contributed by atoms with E-state index in [1.165, 1.54) is 17.9 Å². The zero-order valence-corrected chi connectivity index (χ0v) is 10.5. The minimum absolute atomic E-state index is 0.0922. The van der Waals surface area contributed by atoms with Gasteiger partial charge in [0.25, 0.3) is 0 Å². The largest absolute Gasteiger partial charge is 0.481 e. The first-order valence-electron chi connectivity index (χ1n) is 6.28. The summed E-state index contributed by atoms with van der Waals surface area (Å²) < 4.78 is 0. The molecule has 0 spiro atoms. The van der Waals surface area contributed by atoms with E-state index in [0.717, 1.165) is 38.3 Å². The monoisotopic (exact) mass is 243 g/mol. The van der Waals surface area contributed by atoms with Gasteiger partial charge < -0.3 is 10.4 Å². The van der Waals surface area contributed by atoms with Crippen LogP contribution in [-0.2, 0) is 4.79 Å². The first-order chi connectivity index (χ1) is 7.77. The topological polar surface area (TPSA) is 49.3 Å². The summed E-state index contributed by atoms with van der Waals surface area (Å²) in [6, 6.07) is 0. The van der Waals surface area contributed by atoms with E-state index in [4.69, 9.17) is 5.11 Å². The van der Waals surface area contributed by atoms with Gasteiger partial charge in [-0.25, -0.2) is 0 Å². The molecule has 0 aromatic rings. The molecule has 0 aromatic carbocycles. The summed E-state index contributed by atoms with van der Waals surface area (Å²) in [6.45, 7) is 1.98. The van der Waals surface area contributed by atoms with E-state index in [1.807, 2.05) is 11.8 Å². The molecule has 0 amide bonds. The molecule has 3 atom stereocenters. The maximum Gasteiger partial charge on any atom is 0.306 e. The summed E-state index contributed by atoms with van der Waals surface area (Å²) in [5, 5.41) is 12.5. The Morgan fingerprint density at radius 3 is 2.88 bits per heavy atom. The Morgan fingerprint density at radius 1 is 1.31 bits per heavy atom. The second-order valence-corrected chi connectivity index (χ2v) is 6.17. The van der Waals surface area contributed by atoms with Crippen LogP contribution < -0.4 is 5.32 Å². The molecular weight excluding hydrogens is 222 g/mol. The molecule has 3 unspecified atom stereocenters. The lowest BCUT2D eigenvalue weighted by atomic mass is 9.96. The summed E-state index contributed by atoms with van der Waals surface area (Å²) in [5.41, 5.74) is 0. The maximum atomic E-state index is 11.0. The molecule has 0 aromatic heterocycles.